The van der Waals surface area contributed by atoms with E-state index in [2.05, 4.69) is 0 Å². The predicted octanol–water partition coefficient (Wildman–Crippen LogP) is 2.02. The first kappa shape index (κ1) is 15.1. The zero-order chi connectivity index (χ0) is 14.1. The van der Waals surface area contributed by atoms with Crippen LogP contribution in [0.1, 0.15) is 20.8 Å². The quantitative estimate of drug-likeness (QED) is 0.792. The summed E-state index contributed by atoms with van der Waals surface area (Å²) in [5.74, 6) is -2.66. The van der Waals surface area contributed by atoms with Crippen molar-refractivity contribution in [2.24, 2.45) is 11.8 Å². The number of halogens is 3. The molecule has 4 nitrogen and oxygen atoms in total. The van der Waals surface area contributed by atoms with Crippen LogP contribution in [0.2, 0.25) is 0 Å². The number of alkyl halides is 3. The third-order valence-electron chi connectivity index (χ3n) is 2.75. The Bertz CT molecular complexity index is 312. The summed E-state index contributed by atoms with van der Waals surface area (Å²) in [7, 11) is 0. The Morgan fingerprint density at radius 1 is 1.33 bits per heavy atom. The highest BCUT2D eigenvalue weighted by Crippen LogP contribution is 2.37. The molecule has 2 atom stereocenters. The van der Waals surface area contributed by atoms with Crippen molar-refractivity contribution in [2.75, 3.05) is 19.7 Å². The van der Waals surface area contributed by atoms with Crippen molar-refractivity contribution >= 4 is 6.09 Å². The van der Waals surface area contributed by atoms with E-state index in [4.69, 9.17) is 9.84 Å². The first-order valence-electron chi connectivity index (χ1n) is 5.70. The van der Waals surface area contributed by atoms with Crippen LogP contribution in [0.3, 0.4) is 0 Å². The first-order valence-corrected chi connectivity index (χ1v) is 5.70. The fourth-order valence-electron chi connectivity index (χ4n) is 1.90. The third-order valence-corrected chi connectivity index (χ3v) is 2.75. The van der Waals surface area contributed by atoms with Gasteiger partial charge in [-0.3, -0.25) is 0 Å². The number of aliphatic hydroxyl groups excluding tert-OH is 1. The smallest absolute Gasteiger partial charge is 0.410 e. The van der Waals surface area contributed by atoms with E-state index in [0.717, 1.165) is 4.90 Å². The number of nitrogens with zero attached hydrogens (tertiary/aromatic N) is 1. The minimum atomic E-state index is -4.41. The number of aliphatic hydroxyl groups is 1. The number of carbonyl (C=O) groups is 1. The lowest BCUT2D eigenvalue weighted by atomic mass is 9.97. The average molecular weight is 269 g/mol. The normalized spacial score (nSPS) is 25.4. The van der Waals surface area contributed by atoms with Gasteiger partial charge in [-0.1, -0.05) is 0 Å². The van der Waals surface area contributed by atoms with Crippen molar-refractivity contribution in [3.8, 4) is 0 Å². The SMILES string of the molecule is CC(C)(C)OC(=O)N1C[C@@H](CO)[C@H](C(F)(F)F)C1. The van der Waals surface area contributed by atoms with Crippen LogP contribution in [0.4, 0.5) is 18.0 Å². The second-order valence-corrected chi connectivity index (χ2v) is 5.48. The molecule has 18 heavy (non-hydrogen) atoms. The van der Waals surface area contributed by atoms with Crippen molar-refractivity contribution in [3.05, 3.63) is 0 Å². The second kappa shape index (κ2) is 4.95. The van der Waals surface area contributed by atoms with Gasteiger partial charge in [0.1, 0.15) is 5.60 Å². The van der Waals surface area contributed by atoms with Gasteiger partial charge in [0.2, 0.25) is 0 Å². The van der Waals surface area contributed by atoms with Crippen molar-refractivity contribution in [3.63, 3.8) is 0 Å². The van der Waals surface area contributed by atoms with Crippen LogP contribution in [0.15, 0.2) is 0 Å². The number of rotatable bonds is 1. The fourth-order valence-corrected chi connectivity index (χ4v) is 1.90. The van der Waals surface area contributed by atoms with Crippen molar-refractivity contribution < 1.29 is 27.8 Å². The summed E-state index contributed by atoms with van der Waals surface area (Å²) in [5, 5.41) is 8.95. The van der Waals surface area contributed by atoms with E-state index in [0.29, 0.717) is 0 Å². The van der Waals surface area contributed by atoms with Gasteiger partial charge in [-0.2, -0.15) is 13.2 Å². The standard InChI is InChI=1S/C11H18F3NO3/c1-10(2,3)18-9(17)15-4-7(6-16)8(5-15)11(12,13)14/h7-8,16H,4-6H2,1-3H3/t7-,8+/m0/s1. The first-order chi connectivity index (χ1) is 8.04. The highest BCUT2D eigenvalue weighted by Gasteiger charge is 2.50. The van der Waals surface area contributed by atoms with E-state index < -0.39 is 42.9 Å². The summed E-state index contributed by atoms with van der Waals surface area (Å²) in [6.07, 6.45) is -5.18. The molecule has 106 valence electrons. The molecule has 1 fully saturated rings. The van der Waals surface area contributed by atoms with E-state index in [9.17, 15) is 18.0 Å². The van der Waals surface area contributed by atoms with Crippen molar-refractivity contribution in [1.82, 2.24) is 4.90 Å². The molecule has 1 saturated heterocycles. The molecule has 7 heteroatoms. The van der Waals surface area contributed by atoms with E-state index in [-0.39, 0.29) is 6.54 Å². The number of likely N-dealkylation sites (tertiary alicyclic amines) is 1. The maximum absolute atomic E-state index is 12.7. The van der Waals surface area contributed by atoms with Gasteiger partial charge in [-0.15, -0.1) is 0 Å². The maximum atomic E-state index is 12.7. The highest BCUT2D eigenvalue weighted by molar-refractivity contribution is 5.68. The monoisotopic (exact) mass is 269 g/mol. The van der Waals surface area contributed by atoms with Gasteiger partial charge >= 0.3 is 12.3 Å². The van der Waals surface area contributed by atoms with Crippen LogP contribution in [0.5, 0.6) is 0 Å². The Hall–Kier alpha value is -0.980. The Balaban J connectivity index is 2.70. The zero-order valence-electron chi connectivity index (χ0n) is 10.6. The molecule has 0 aromatic carbocycles. The van der Waals surface area contributed by atoms with Crippen molar-refractivity contribution in [2.45, 2.75) is 32.5 Å². The Morgan fingerprint density at radius 3 is 2.22 bits per heavy atom. The molecule has 1 amide bonds. The molecule has 1 N–H and O–H groups in total. The van der Waals surface area contributed by atoms with Crippen LogP contribution in [-0.2, 0) is 4.74 Å². The Labute approximate surface area is 104 Å². The number of hydrogen-bond donors (Lipinski definition) is 1. The van der Waals surface area contributed by atoms with Gasteiger partial charge < -0.3 is 14.7 Å². The zero-order valence-corrected chi connectivity index (χ0v) is 10.6. The average Bonchev–Trinajstić information content (AvgIpc) is 2.57. The van der Waals surface area contributed by atoms with Crippen LogP contribution < -0.4 is 0 Å². The van der Waals surface area contributed by atoms with Crippen LogP contribution in [0.25, 0.3) is 0 Å². The summed E-state index contributed by atoms with van der Waals surface area (Å²) in [6.45, 7) is 3.76. The van der Waals surface area contributed by atoms with E-state index in [1.54, 1.807) is 20.8 Å². The van der Waals surface area contributed by atoms with Gasteiger partial charge in [0.05, 0.1) is 5.92 Å². The van der Waals surface area contributed by atoms with E-state index >= 15 is 0 Å². The molecule has 1 aliphatic heterocycles. The third kappa shape index (κ3) is 3.76. The Kier molecular flexibility index (Phi) is 4.15. The highest BCUT2D eigenvalue weighted by atomic mass is 19.4. The second-order valence-electron chi connectivity index (χ2n) is 5.48. The number of hydrogen-bond acceptors (Lipinski definition) is 3. The van der Waals surface area contributed by atoms with E-state index in [1.807, 2.05) is 0 Å². The predicted molar refractivity (Wildman–Crippen MR) is 57.9 cm³/mol. The van der Waals surface area contributed by atoms with Gasteiger partial charge in [0, 0.05) is 25.6 Å². The summed E-state index contributed by atoms with van der Waals surface area (Å²) < 4.78 is 43.1. The minimum absolute atomic E-state index is 0.129. The summed E-state index contributed by atoms with van der Waals surface area (Å²) in [5.41, 5.74) is -0.748. The molecule has 0 radical (unpaired) electrons. The summed E-state index contributed by atoms with van der Waals surface area (Å²) in [6, 6.07) is 0. The lowest BCUT2D eigenvalue weighted by Gasteiger charge is -2.24. The summed E-state index contributed by atoms with van der Waals surface area (Å²) in [4.78, 5) is 12.7. The molecule has 0 bridgehead atoms. The van der Waals surface area contributed by atoms with E-state index in [1.165, 1.54) is 0 Å². The molecular weight excluding hydrogens is 251 g/mol. The van der Waals surface area contributed by atoms with Gasteiger partial charge in [0.15, 0.2) is 0 Å². The number of ether oxygens (including phenoxy) is 1. The molecule has 0 aliphatic carbocycles. The topological polar surface area (TPSA) is 49.8 Å². The van der Waals surface area contributed by atoms with Crippen LogP contribution in [0, 0.1) is 11.8 Å². The molecule has 0 unspecified atom stereocenters. The molecule has 0 aromatic rings. The lowest BCUT2D eigenvalue weighted by molar-refractivity contribution is -0.182. The van der Waals surface area contributed by atoms with Gasteiger partial charge in [-0.25, -0.2) is 4.79 Å². The Morgan fingerprint density at radius 2 is 1.89 bits per heavy atom. The molecule has 0 aromatic heterocycles. The van der Waals surface area contributed by atoms with Crippen molar-refractivity contribution in [1.29, 1.82) is 0 Å². The fraction of sp³-hybridized carbons (Fsp3) is 0.909. The molecule has 0 saturated carbocycles. The molecular formula is C11H18F3NO3. The largest absolute Gasteiger partial charge is 0.444 e. The summed E-state index contributed by atoms with van der Waals surface area (Å²) >= 11 is 0. The van der Waals surface area contributed by atoms with Gasteiger partial charge in [-0.05, 0) is 20.8 Å². The lowest BCUT2D eigenvalue weighted by Crippen LogP contribution is -2.36. The van der Waals surface area contributed by atoms with Crippen LogP contribution in [-0.4, -0.2) is 47.6 Å². The number of carbonyl (C=O) groups excluding carboxylic acids is 1. The minimum Gasteiger partial charge on any atom is -0.444 e. The molecule has 1 rings (SSSR count). The maximum Gasteiger partial charge on any atom is 0.410 e. The number of amides is 1. The van der Waals surface area contributed by atoms with Gasteiger partial charge in [0.25, 0.3) is 0 Å². The van der Waals surface area contributed by atoms with Crippen LogP contribution >= 0.6 is 0 Å². The molecule has 1 aliphatic rings. The molecule has 1 heterocycles. The molecule has 0 spiro atoms.